The van der Waals surface area contributed by atoms with Gasteiger partial charge in [-0.25, -0.2) is 21.8 Å². The summed E-state index contributed by atoms with van der Waals surface area (Å²) in [6.07, 6.45) is 9.28. The molecule has 444 valence electrons. The molecule has 2 atom stereocenters. The SMILES string of the molecule is CCCCCCCCNC(C)C(O)c1ccc(SC(C)C)cc1.COc1ccc(CCN(C)CCCC2(c3ccc(OC)c(OC)c3)S(=O)(=O)CCCS2(=O)=O)cc1OC.Cl.Nc1nc2c(ncn2COC(CO)CO)c(=O)[nH]1. The fourth-order valence-corrected chi connectivity index (χ4v) is 15.6. The third-order valence-electron chi connectivity index (χ3n) is 13.3. The van der Waals surface area contributed by atoms with Gasteiger partial charge in [-0.1, -0.05) is 77.1 Å². The summed E-state index contributed by atoms with van der Waals surface area (Å²) in [7, 11) is 0.0553. The number of aliphatic hydroxyl groups excluding tert-OH is 3. The molecule has 3 aromatic carbocycles. The third kappa shape index (κ3) is 19.5. The van der Waals surface area contributed by atoms with Crippen LogP contribution >= 0.6 is 24.2 Å². The number of methoxy groups -OCH3 is 4. The molecule has 0 spiro atoms. The van der Waals surface area contributed by atoms with Crippen LogP contribution in [0.3, 0.4) is 0 Å². The molecule has 1 saturated heterocycles. The van der Waals surface area contributed by atoms with Crippen LogP contribution in [0.4, 0.5) is 5.95 Å². The van der Waals surface area contributed by atoms with E-state index in [4.69, 9.17) is 39.6 Å². The van der Waals surface area contributed by atoms with E-state index in [1.807, 2.05) is 37.0 Å². The smallest absolute Gasteiger partial charge is 0.280 e. The number of benzene rings is 3. The van der Waals surface area contributed by atoms with Crippen LogP contribution in [0, 0.1) is 0 Å². The molecule has 2 unspecified atom stereocenters. The zero-order valence-corrected chi connectivity index (χ0v) is 50.6. The minimum Gasteiger partial charge on any atom is -0.493 e. The average Bonchev–Trinajstić information content (AvgIpc) is 4.03. The van der Waals surface area contributed by atoms with Crippen LogP contribution in [-0.2, 0) is 41.6 Å². The Morgan fingerprint density at radius 3 is 2.01 bits per heavy atom. The Morgan fingerprint density at radius 2 is 1.42 bits per heavy atom. The number of H-pyrrole nitrogens is 1. The van der Waals surface area contributed by atoms with Crippen molar-refractivity contribution in [2.45, 2.75) is 131 Å². The molecule has 0 saturated carbocycles. The second-order valence-electron chi connectivity index (χ2n) is 19.5. The molecule has 20 nitrogen and oxygen atoms in total. The predicted molar refractivity (Wildman–Crippen MR) is 315 cm³/mol. The first-order valence-corrected chi connectivity index (χ1v) is 30.7. The Labute approximate surface area is 477 Å². The van der Waals surface area contributed by atoms with Crippen LogP contribution in [0.25, 0.3) is 11.2 Å². The lowest BCUT2D eigenvalue weighted by Crippen LogP contribution is -2.50. The lowest BCUT2D eigenvalue weighted by Gasteiger charge is -2.37. The maximum atomic E-state index is 13.5. The molecule has 1 aliphatic rings. The summed E-state index contributed by atoms with van der Waals surface area (Å²) < 4.78 is 79.9. The number of nitrogens with one attached hydrogen (secondary N) is 2. The highest BCUT2D eigenvalue weighted by Gasteiger charge is 2.57. The van der Waals surface area contributed by atoms with Crippen molar-refractivity contribution < 1.29 is 55.8 Å². The molecule has 79 heavy (non-hydrogen) atoms. The van der Waals surface area contributed by atoms with Gasteiger partial charge in [0.2, 0.25) is 5.95 Å². The van der Waals surface area contributed by atoms with E-state index in [-0.39, 0.29) is 85.4 Å². The van der Waals surface area contributed by atoms with E-state index >= 15 is 0 Å². The van der Waals surface area contributed by atoms with Gasteiger partial charge >= 0.3 is 0 Å². The van der Waals surface area contributed by atoms with Gasteiger partial charge in [0, 0.05) is 22.7 Å². The summed E-state index contributed by atoms with van der Waals surface area (Å²) in [5.41, 5.74) is 7.71. The summed E-state index contributed by atoms with van der Waals surface area (Å²) in [6, 6.07) is 18.8. The molecular weight excluding hydrogens is 1100 g/mol. The molecule has 0 bridgehead atoms. The highest BCUT2D eigenvalue weighted by molar-refractivity contribution is 8.10. The predicted octanol–water partition coefficient (Wildman–Crippen LogP) is 7.07. The highest BCUT2D eigenvalue weighted by atomic mass is 35.5. The monoisotopic (exact) mass is 1180 g/mol. The average molecular weight is 1180 g/mol. The Hall–Kier alpha value is -4.69. The van der Waals surface area contributed by atoms with Gasteiger partial charge in [-0.3, -0.25) is 14.3 Å². The molecule has 7 N–H and O–H groups in total. The lowest BCUT2D eigenvalue weighted by atomic mass is 10.0. The van der Waals surface area contributed by atoms with Crippen LogP contribution in [-0.4, -0.2) is 154 Å². The summed E-state index contributed by atoms with van der Waals surface area (Å²) in [5, 5.41) is 32.2. The Morgan fingerprint density at radius 1 is 0.823 bits per heavy atom. The molecular formula is C55H86ClN7O13S3. The maximum Gasteiger partial charge on any atom is 0.280 e. The van der Waals surface area contributed by atoms with Gasteiger partial charge in [-0.15, -0.1) is 24.2 Å². The van der Waals surface area contributed by atoms with Crippen LogP contribution in [0.15, 0.2) is 76.7 Å². The third-order valence-corrected chi connectivity index (χ3v) is 20.4. The van der Waals surface area contributed by atoms with E-state index < -0.39 is 41.5 Å². The van der Waals surface area contributed by atoms with Crippen molar-refractivity contribution in [3.05, 3.63) is 94.0 Å². The number of halogens is 1. The first kappa shape index (κ1) is 68.6. The number of aromatic nitrogens is 4. The van der Waals surface area contributed by atoms with Gasteiger partial charge in [0.1, 0.15) is 12.8 Å². The van der Waals surface area contributed by atoms with Gasteiger partial charge in [-0.2, -0.15) is 4.98 Å². The number of aliphatic hydroxyl groups is 3. The van der Waals surface area contributed by atoms with E-state index in [9.17, 15) is 26.7 Å². The van der Waals surface area contributed by atoms with Gasteiger partial charge in [0.25, 0.3) is 5.56 Å². The number of fused-ring (bicyclic) bond motifs is 1. The molecule has 6 rings (SSSR count). The standard InChI is InChI=1S/C26H37NO8S2.C20H35NOS.C9H13N5O4.ClH/c1-27(15-12-20-8-10-22(32-2)24(18-20)34-4)14-6-13-26(36(28,29)16-7-17-37(26,30)31)21-9-11-23(33-3)25(19-21)35-5;1-5-6-7-8-9-10-15-21-17(4)20(22)18-11-13-19(14-12-18)23-16(2)3;10-9-12-7-6(8(17)13-9)11-3-14(7)4-18-5(1-15)2-16;/h8-11,18-19H,6-7,12-17H2,1-5H3;11-14,16-17,20-22H,5-10,15H2,1-4H3;3,5,15-16H,1-2,4H2,(H3,10,12,13,17);1H. The Bertz CT molecular complexity index is 2840. The number of unbranched alkanes of at least 4 members (excludes halogenated alkanes) is 5. The first-order chi connectivity index (χ1) is 37.2. The fourth-order valence-electron chi connectivity index (χ4n) is 8.96. The summed E-state index contributed by atoms with van der Waals surface area (Å²) in [5.74, 6) is 1.66. The van der Waals surface area contributed by atoms with E-state index in [0.29, 0.717) is 47.8 Å². The molecule has 0 aliphatic carbocycles. The number of rotatable bonds is 29. The highest BCUT2D eigenvalue weighted by Crippen LogP contribution is 2.47. The second kappa shape index (κ2) is 33.9. The van der Waals surface area contributed by atoms with E-state index in [1.165, 1.54) is 80.7 Å². The zero-order chi connectivity index (χ0) is 57.5. The summed E-state index contributed by atoms with van der Waals surface area (Å²) in [6.45, 7) is 10.3. The van der Waals surface area contributed by atoms with Crippen molar-refractivity contribution >= 4 is 61.0 Å². The largest absolute Gasteiger partial charge is 0.493 e. The Balaban J connectivity index is 0.000000334. The van der Waals surface area contributed by atoms with E-state index in [0.717, 1.165) is 24.1 Å². The van der Waals surface area contributed by atoms with Crippen molar-refractivity contribution in [2.24, 2.45) is 0 Å². The van der Waals surface area contributed by atoms with Crippen LogP contribution in [0.2, 0.25) is 0 Å². The second-order valence-corrected chi connectivity index (χ2v) is 26.0. The van der Waals surface area contributed by atoms with Crippen molar-refractivity contribution in [2.75, 3.05) is 85.6 Å². The van der Waals surface area contributed by atoms with E-state index in [2.05, 4.69) is 77.1 Å². The molecule has 1 aliphatic heterocycles. The fraction of sp³-hybridized carbons (Fsp3) is 0.582. The topological polar surface area (TPSA) is 280 Å². The number of likely N-dealkylation sites (N-methyl/N-ethyl adjacent to an activating group) is 1. The van der Waals surface area contributed by atoms with Gasteiger partial charge in [0.15, 0.2) is 57.9 Å². The molecule has 2 aromatic heterocycles. The van der Waals surface area contributed by atoms with Gasteiger partial charge in [0.05, 0.1) is 65.6 Å². The molecule has 3 heterocycles. The minimum absolute atomic E-state index is 0. The number of imidazole rings is 1. The normalized spacial score (nSPS) is 15.1. The number of thioether (sulfide) groups is 1. The lowest BCUT2D eigenvalue weighted by molar-refractivity contribution is -0.0488. The first-order valence-electron chi connectivity index (χ1n) is 26.5. The number of sulfone groups is 2. The van der Waals surface area contributed by atoms with E-state index in [1.54, 1.807) is 20.3 Å². The molecule has 0 radical (unpaired) electrons. The van der Waals surface area contributed by atoms with Crippen molar-refractivity contribution in [1.82, 2.24) is 29.7 Å². The minimum atomic E-state index is -3.99. The number of hydrogen-bond donors (Lipinski definition) is 6. The molecule has 1 fully saturated rings. The number of nitrogens with zero attached hydrogens (tertiary/aromatic N) is 4. The number of hydrogen-bond acceptors (Lipinski definition) is 19. The Kier molecular flexibility index (Phi) is 29.4. The van der Waals surface area contributed by atoms with Crippen molar-refractivity contribution in [3.63, 3.8) is 0 Å². The summed E-state index contributed by atoms with van der Waals surface area (Å²) in [4.78, 5) is 25.0. The molecule has 24 heteroatoms. The number of anilines is 1. The van der Waals surface area contributed by atoms with Gasteiger partial charge in [-0.05, 0) is 112 Å². The van der Waals surface area contributed by atoms with Crippen LogP contribution in [0.1, 0.15) is 108 Å². The number of nitrogen functional groups attached to an aromatic ring is 1. The number of aromatic amines is 1. The number of nitrogens with two attached hydrogens (primary N) is 1. The van der Waals surface area contributed by atoms with Gasteiger partial charge < -0.3 is 55.0 Å². The quantitative estimate of drug-likeness (QED) is 0.0206. The van der Waals surface area contributed by atoms with Crippen molar-refractivity contribution in [3.8, 4) is 23.0 Å². The maximum absolute atomic E-state index is 13.5. The zero-order valence-electron chi connectivity index (χ0n) is 47.3. The molecule has 0 amide bonds. The summed E-state index contributed by atoms with van der Waals surface area (Å²) >= 11 is 1.85. The number of ether oxygens (including phenoxy) is 5. The van der Waals surface area contributed by atoms with Crippen LogP contribution < -0.4 is 35.6 Å². The molecule has 5 aromatic rings. The van der Waals surface area contributed by atoms with Crippen molar-refractivity contribution in [1.29, 1.82) is 0 Å². The van der Waals surface area contributed by atoms with Crippen LogP contribution in [0.5, 0.6) is 23.0 Å².